The molecule has 0 aliphatic rings. The lowest BCUT2D eigenvalue weighted by molar-refractivity contribution is 1.26. The van der Waals surface area contributed by atoms with Gasteiger partial charge in [0.25, 0.3) is 0 Å². The summed E-state index contributed by atoms with van der Waals surface area (Å²) in [4.78, 5) is 0. The summed E-state index contributed by atoms with van der Waals surface area (Å²) in [6, 6.07) is 0. The van der Waals surface area contributed by atoms with Crippen molar-refractivity contribution in [2.24, 2.45) is 0 Å². The molecule has 108 valence electrons. The minimum absolute atomic E-state index is 1.27. The Labute approximate surface area is 122 Å². The molecule has 0 amide bonds. The highest BCUT2D eigenvalue weighted by Crippen LogP contribution is 2.40. The Morgan fingerprint density at radius 3 is 1.00 bits per heavy atom. The van der Waals surface area contributed by atoms with Gasteiger partial charge in [0.1, 0.15) is 0 Å². The van der Waals surface area contributed by atoms with Crippen LogP contribution in [0.25, 0.3) is 10.8 Å². The number of aryl methyl sites for hydroxylation is 4. The highest BCUT2D eigenvalue weighted by molar-refractivity contribution is 6.02. The van der Waals surface area contributed by atoms with Gasteiger partial charge in [-0.05, 0) is 85.7 Å². The summed E-state index contributed by atoms with van der Waals surface area (Å²) in [6.07, 6.45) is 0. The molecule has 2 aromatic carbocycles. The third-order valence-electron chi connectivity index (χ3n) is 4.88. The van der Waals surface area contributed by atoms with Crippen LogP contribution in [0.3, 0.4) is 0 Å². The van der Waals surface area contributed by atoms with Gasteiger partial charge in [0.05, 0.1) is 0 Å². The van der Waals surface area contributed by atoms with Gasteiger partial charge < -0.3 is 10.6 Å². The highest BCUT2D eigenvalue weighted by atomic mass is 14.8. The van der Waals surface area contributed by atoms with Crippen LogP contribution in [0.15, 0.2) is 0 Å². The molecule has 2 aromatic rings. The van der Waals surface area contributed by atoms with E-state index in [1.165, 1.54) is 55.5 Å². The first-order valence-corrected chi connectivity index (χ1v) is 7.25. The molecular formula is C18H26N2. The van der Waals surface area contributed by atoms with Crippen molar-refractivity contribution in [3.05, 3.63) is 33.4 Å². The molecule has 0 saturated heterocycles. The summed E-state index contributed by atoms with van der Waals surface area (Å²) in [5.74, 6) is 0. The molecule has 2 heteroatoms. The van der Waals surface area contributed by atoms with Gasteiger partial charge in [-0.15, -0.1) is 0 Å². The van der Waals surface area contributed by atoms with Gasteiger partial charge in [-0.1, -0.05) is 0 Å². The first-order chi connectivity index (χ1) is 9.36. The zero-order chi connectivity index (χ0) is 15.2. The Kier molecular flexibility index (Phi) is 3.68. The first kappa shape index (κ1) is 14.7. The van der Waals surface area contributed by atoms with Gasteiger partial charge in [-0.2, -0.15) is 0 Å². The van der Waals surface area contributed by atoms with E-state index in [-0.39, 0.29) is 0 Å². The fraction of sp³-hybridized carbons (Fsp3) is 0.444. The van der Waals surface area contributed by atoms with Crippen molar-refractivity contribution in [3.63, 3.8) is 0 Å². The Morgan fingerprint density at radius 1 is 0.450 bits per heavy atom. The van der Waals surface area contributed by atoms with Crippen molar-refractivity contribution in [1.82, 2.24) is 0 Å². The number of fused-ring (bicyclic) bond motifs is 1. The molecule has 2 rings (SSSR count). The average molecular weight is 270 g/mol. The molecule has 20 heavy (non-hydrogen) atoms. The van der Waals surface area contributed by atoms with Gasteiger partial charge in [-0.25, -0.2) is 0 Å². The second-order valence-corrected chi connectivity index (χ2v) is 5.75. The van der Waals surface area contributed by atoms with Crippen molar-refractivity contribution in [2.45, 2.75) is 41.5 Å². The number of nitrogens with one attached hydrogen (secondary N) is 2. The zero-order valence-corrected chi connectivity index (χ0v) is 14.0. The van der Waals surface area contributed by atoms with Crippen molar-refractivity contribution in [3.8, 4) is 0 Å². The van der Waals surface area contributed by atoms with Crippen LogP contribution in [-0.2, 0) is 0 Å². The molecular weight excluding hydrogens is 244 g/mol. The molecule has 0 bridgehead atoms. The number of hydrogen-bond acceptors (Lipinski definition) is 2. The SMILES string of the molecule is CNc1c(C)c(C)c2c(C)c(NC)c(C)c(C)c2c1C. The number of rotatable bonds is 2. The standard InChI is InChI=1S/C18H26N2/c1-9-11(3)17(19-7)14(6)16-10(2)12(4)18(20-8)13(5)15(9)16/h19-20H,1-8H3. The molecule has 0 aliphatic heterocycles. The van der Waals surface area contributed by atoms with Crippen LogP contribution < -0.4 is 10.6 Å². The van der Waals surface area contributed by atoms with E-state index in [1.54, 1.807) is 0 Å². The summed E-state index contributed by atoms with van der Waals surface area (Å²) in [7, 11) is 4.02. The van der Waals surface area contributed by atoms with Crippen molar-refractivity contribution >= 4 is 22.1 Å². The van der Waals surface area contributed by atoms with Crippen LogP contribution in [0, 0.1) is 41.5 Å². The van der Waals surface area contributed by atoms with Crippen LogP contribution in [0.5, 0.6) is 0 Å². The smallest absolute Gasteiger partial charge is 0.0406 e. The summed E-state index contributed by atoms with van der Waals surface area (Å²) in [6.45, 7) is 13.3. The van der Waals surface area contributed by atoms with Crippen LogP contribution in [0.1, 0.15) is 33.4 Å². The lowest BCUT2D eigenvalue weighted by atomic mass is 9.86. The van der Waals surface area contributed by atoms with Gasteiger partial charge in [0.15, 0.2) is 0 Å². The Morgan fingerprint density at radius 2 is 0.750 bits per heavy atom. The predicted molar refractivity (Wildman–Crippen MR) is 91.5 cm³/mol. The maximum absolute atomic E-state index is 3.38. The van der Waals surface area contributed by atoms with Crippen LogP contribution >= 0.6 is 0 Å². The molecule has 2 nitrogen and oxygen atoms in total. The molecule has 0 radical (unpaired) electrons. The van der Waals surface area contributed by atoms with Crippen LogP contribution in [0.4, 0.5) is 11.4 Å². The fourth-order valence-electron chi connectivity index (χ4n) is 3.62. The van der Waals surface area contributed by atoms with Crippen molar-refractivity contribution in [2.75, 3.05) is 24.7 Å². The zero-order valence-electron chi connectivity index (χ0n) is 14.0. The molecule has 0 heterocycles. The van der Waals surface area contributed by atoms with Crippen molar-refractivity contribution in [1.29, 1.82) is 0 Å². The maximum atomic E-state index is 3.38. The third-order valence-corrected chi connectivity index (χ3v) is 4.88. The van der Waals surface area contributed by atoms with E-state index < -0.39 is 0 Å². The lowest BCUT2D eigenvalue weighted by Crippen LogP contribution is -2.05. The molecule has 0 aromatic heterocycles. The second-order valence-electron chi connectivity index (χ2n) is 5.75. The largest absolute Gasteiger partial charge is 0.388 e. The van der Waals surface area contributed by atoms with Gasteiger partial charge in [0.2, 0.25) is 0 Å². The molecule has 0 aliphatic carbocycles. The third kappa shape index (κ3) is 1.78. The average Bonchev–Trinajstić information content (AvgIpc) is 2.41. The topological polar surface area (TPSA) is 24.1 Å². The number of benzene rings is 2. The van der Waals surface area contributed by atoms with Crippen LogP contribution in [0.2, 0.25) is 0 Å². The molecule has 2 N–H and O–H groups in total. The van der Waals surface area contributed by atoms with Gasteiger partial charge in [0, 0.05) is 25.5 Å². The summed E-state index contributed by atoms with van der Waals surface area (Å²) >= 11 is 0. The van der Waals surface area contributed by atoms with E-state index in [1.807, 2.05) is 14.1 Å². The van der Waals surface area contributed by atoms with Crippen LogP contribution in [-0.4, -0.2) is 14.1 Å². The molecule has 0 saturated carbocycles. The fourth-order valence-corrected chi connectivity index (χ4v) is 3.62. The van der Waals surface area contributed by atoms with Gasteiger partial charge in [-0.3, -0.25) is 0 Å². The summed E-state index contributed by atoms with van der Waals surface area (Å²) in [5.41, 5.74) is 10.7. The van der Waals surface area contributed by atoms with E-state index in [0.29, 0.717) is 0 Å². The summed E-state index contributed by atoms with van der Waals surface area (Å²) in [5, 5.41) is 9.57. The van der Waals surface area contributed by atoms with E-state index >= 15 is 0 Å². The first-order valence-electron chi connectivity index (χ1n) is 7.25. The van der Waals surface area contributed by atoms with E-state index in [4.69, 9.17) is 0 Å². The molecule has 0 atom stereocenters. The highest BCUT2D eigenvalue weighted by Gasteiger charge is 2.18. The Bertz CT molecular complexity index is 636. The minimum Gasteiger partial charge on any atom is -0.388 e. The second kappa shape index (κ2) is 5.01. The normalized spacial score (nSPS) is 11.0. The number of hydrogen-bond donors (Lipinski definition) is 2. The minimum atomic E-state index is 1.27. The molecule has 0 spiro atoms. The summed E-state index contributed by atoms with van der Waals surface area (Å²) < 4.78 is 0. The quantitative estimate of drug-likeness (QED) is 0.821. The molecule has 0 fully saturated rings. The van der Waals surface area contributed by atoms with E-state index in [9.17, 15) is 0 Å². The monoisotopic (exact) mass is 270 g/mol. The lowest BCUT2D eigenvalue weighted by Gasteiger charge is -2.23. The van der Waals surface area contributed by atoms with E-state index in [2.05, 4.69) is 52.2 Å². The van der Waals surface area contributed by atoms with E-state index in [0.717, 1.165) is 0 Å². The predicted octanol–water partition coefficient (Wildman–Crippen LogP) is 4.77. The Hall–Kier alpha value is -1.70. The maximum Gasteiger partial charge on any atom is 0.0406 e. The number of anilines is 2. The Balaban J connectivity index is 3.15. The van der Waals surface area contributed by atoms with Crippen molar-refractivity contribution < 1.29 is 0 Å². The van der Waals surface area contributed by atoms with Gasteiger partial charge >= 0.3 is 0 Å². The molecule has 0 unspecified atom stereocenters.